The average molecular weight is 492 g/mol. The molecule has 0 radical (unpaired) electrons. The van der Waals surface area contributed by atoms with Crippen molar-refractivity contribution in [3.63, 3.8) is 0 Å². The van der Waals surface area contributed by atoms with Crippen LogP contribution in [0, 0.1) is 5.92 Å². The van der Waals surface area contributed by atoms with Gasteiger partial charge >= 0.3 is 0 Å². The predicted octanol–water partition coefficient (Wildman–Crippen LogP) is 1.66. The Bertz CT molecular complexity index is 1120. The summed E-state index contributed by atoms with van der Waals surface area (Å²) in [6, 6.07) is 11.8. The van der Waals surface area contributed by atoms with Crippen LogP contribution in [-0.4, -0.2) is 94.9 Å². The van der Waals surface area contributed by atoms with E-state index < -0.39 is 0 Å². The largest absolute Gasteiger partial charge is 0.475 e. The third-order valence-corrected chi connectivity index (χ3v) is 7.13. The molecule has 9 heteroatoms. The molecule has 1 aromatic carbocycles. The fourth-order valence-electron chi connectivity index (χ4n) is 5.48. The highest BCUT2D eigenvalue weighted by Gasteiger charge is 2.43. The molecule has 2 saturated heterocycles. The number of likely N-dealkylation sites (tertiary alicyclic amines) is 1. The molecular weight excluding hydrogens is 458 g/mol. The molecule has 2 aromatic rings. The zero-order valence-electron chi connectivity index (χ0n) is 20.8. The summed E-state index contributed by atoms with van der Waals surface area (Å²) in [6.45, 7) is 7.05. The third-order valence-electron chi connectivity index (χ3n) is 7.13. The first-order chi connectivity index (χ1) is 17.4. The molecule has 9 nitrogen and oxygen atoms in total. The maximum atomic E-state index is 13.9. The molecule has 3 aliphatic rings. The summed E-state index contributed by atoms with van der Waals surface area (Å²) in [6.07, 6.45) is 2.15. The van der Waals surface area contributed by atoms with E-state index in [4.69, 9.17) is 4.74 Å². The smallest absolute Gasteiger partial charge is 0.257 e. The van der Waals surface area contributed by atoms with Crippen LogP contribution in [0.1, 0.15) is 41.0 Å². The van der Waals surface area contributed by atoms with Gasteiger partial charge in [0, 0.05) is 50.5 Å². The van der Waals surface area contributed by atoms with Gasteiger partial charge in [-0.2, -0.15) is 0 Å². The lowest BCUT2D eigenvalue weighted by atomic mass is 10.1. The minimum Gasteiger partial charge on any atom is -0.475 e. The number of benzene rings is 1. The van der Waals surface area contributed by atoms with Crippen LogP contribution in [0.15, 0.2) is 48.7 Å². The van der Waals surface area contributed by atoms with Gasteiger partial charge in [-0.3, -0.25) is 19.3 Å². The second kappa shape index (κ2) is 10.3. The maximum Gasteiger partial charge on any atom is 0.257 e. The number of pyridine rings is 1. The fourth-order valence-corrected chi connectivity index (χ4v) is 5.48. The van der Waals surface area contributed by atoms with E-state index in [1.807, 2.05) is 23.1 Å². The lowest BCUT2D eigenvalue weighted by Gasteiger charge is -2.43. The van der Waals surface area contributed by atoms with Crippen LogP contribution in [-0.2, 0) is 4.79 Å². The Morgan fingerprint density at radius 1 is 1.11 bits per heavy atom. The molecule has 0 aliphatic carbocycles. The summed E-state index contributed by atoms with van der Waals surface area (Å²) < 4.78 is 6.05. The summed E-state index contributed by atoms with van der Waals surface area (Å²) in [7, 11) is 0. The minimum atomic E-state index is -0.351. The zero-order chi connectivity index (χ0) is 25.2. The predicted molar refractivity (Wildman–Crippen MR) is 134 cm³/mol. The molecule has 1 N–H and O–H groups in total. The van der Waals surface area contributed by atoms with Crippen molar-refractivity contribution < 1.29 is 19.1 Å². The number of hydrogen-bond acceptors (Lipinski definition) is 6. The molecule has 190 valence electrons. The van der Waals surface area contributed by atoms with Gasteiger partial charge < -0.3 is 19.9 Å². The highest BCUT2D eigenvalue weighted by Crippen LogP contribution is 2.26. The van der Waals surface area contributed by atoms with Crippen molar-refractivity contribution in [1.29, 1.82) is 0 Å². The van der Waals surface area contributed by atoms with Crippen LogP contribution >= 0.6 is 0 Å². The SMILES string of the molecule is CC(C)CN1C[C@@H]2C[C@H]1C(=O)N1CCN(C(=O)c3ccccc3)C[C@H]1COc1ncccc1C(=O)N2. The van der Waals surface area contributed by atoms with E-state index in [1.54, 1.807) is 35.4 Å². The van der Waals surface area contributed by atoms with Crippen molar-refractivity contribution in [2.75, 3.05) is 39.3 Å². The van der Waals surface area contributed by atoms with Crippen molar-refractivity contribution >= 4 is 17.7 Å². The molecule has 2 bridgehead atoms. The minimum absolute atomic E-state index is 0.0367. The molecular formula is C27H33N5O4. The van der Waals surface area contributed by atoms with Gasteiger partial charge in [0.05, 0.1) is 12.1 Å². The first kappa shape index (κ1) is 24.2. The number of piperazine rings is 1. The van der Waals surface area contributed by atoms with Crippen LogP contribution < -0.4 is 10.1 Å². The molecule has 4 heterocycles. The molecule has 1 aromatic heterocycles. The van der Waals surface area contributed by atoms with E-state index in [9.17, 15) is 14.4 Å². The second-order valence-electron chi connectivity index (χ2n) is 10.2. The molecule has 5 rings (SSSR count). The Morgan fingerprint density at radius 2 is 1.92 bits per heavy atom. The average Bonchev–Trinajstić information content (AvgIpc) is 3.27. The normalized spacial score (nSPS) is 24.8. The van der Waals surface area contributed by atoms with Crippen molar-refractivity contribution in [2.45, 2.75) is 38.4 Å². The van der Waals surface area contributed by atoms with E-state index in [2.05, 4.69) is 29.0 Å². The molecule has 3 atom stereocenters. The van der Waals surface area contributed by atoms with Gasteiger partial charge in [0.25, 0.3) is 11.8 Å². The van der Waals surface area contributed by atoms with Gasteiger partial charge in [0.1, 0.15) is 12.2 Å². The Balaban J connectivity index is 1.46. The molecule has 0 saturated carbocycles. The molecule has 0 spiro atoms. The first-order valence-corrected chi connectivity index (χ1v) is 12.7. The van der Waals surface area contributed by atoms with Crippen LogP contribution in [0.4, 0.5) is 0 Å². The van der Waals surface area contributed by atoms with Crippen molar-refractivity contribution in [3.8, 4) is 5.88 Å². The number of nitrogens with zero attached hydrogens (tertiary/aromatic N) is 4. The van der Waals surface area contributed by atoms with Crippen molar-refractivity contribution in [1.82, 2.24) is 25.0 Å². The summed E-state index contributed by atoms with van der Waals surface area (Å²) >= 11 is 0. The topological polar surface area (TPSA) is 95.1 Å². The number of carbonyl (C=O) groups is 3. The Kier molecular flexibility index (Phi) is 6.91. The van der Waals surface area contributed by atoms with Gasteiger partial charge in [0.15, 0.2) is 0 Å². The highest BCUT2D eigenvalue weighted by molar-refractivity contribution is 5.97. The van der Waals surface area contributed by atoms with Crippen LogP contribution in [0.3, 0.4) is 0 Å². The number of ether oxygens (including phenoxy) is 1. The number of carbonyl (C=O) groups excluding carboxylic acids is 3. The van der Waals surface area contributed by atoms with Gasteiger partial charge in [-0.15, -0.1) is 0 Å². The molecule has 2 fully saturated rings. The number of rotatable bonds is 3. The first-order valence-electron chi connectivity index (χ1n) is 12.7. The summed E-state index contributed by atoms with van der Waals surface area (Å²) in [5.74, 6) is 0.351. The third kappa shape index (κ3) is 4.93. The quantitative estimate of drug-likeness (QED) is 0.702. The van der Waals surface area contributed by atoms with Crippen molar-refractivity contribution in [3.05, 3.63) is 59.8 Å². The number of nitrogens with one attached hydrogen (secondary N) is 1. The zero-order valence-corrected chi connectivity index (χ0v) is 20.8. The van der Waals surface area contributed by atoms with Crippen LogP contribution in [0.5, 0.6) is 5.88 Å². The molecule has 36 heavy (non-hydrogen) atoms. The van der Waals surface area contributed by atoms with E-state index in [0.29, 0.717) is 49.6 Å². The molecule has 3 amide bonds. The van der Waals surface area contributed by atoms with Crippen LogP contribution in [0.2, 0.25) is 0 Å². The standard InChI is InChI=1S/C27H33N5O4/c1-18(2)14-31-15-20-13-23(31)27(35)32-12-11-30(26(34)19-7-4-3-5-8-19)16-21(32)17-36-25-22(24(33)29-20)9-6-10-28-25/h3-10,18,20-21,23H,11-17H2,1-2H3,(H,29,33)/t20-,21-,23-/m0/s1. The monoisotopic (exact) mass is 491 g/mol. The van der Waals surface area contributed by atoms with E-state index in [0.717, 1.165) is 6.54 Å². The fraction of sp³-hybridized carbons (Fsp3) is 0.481. The van der Waals surface area contributed by atoms with Gasteiger partial charge in [-0.05, 0) is 36.6 Å². The summed E-state index contributed by atoms with van der Waals surface area (Å²) in [5.41, 5.74) is 1.000. The van der Waals surface area contributed by atoms with Crippen molar-refractivity contribution in [2.24, 2.45) is 5.92 Å². The number of fused-ring (bicyclic) bond motifs is 4. The van der Waals surface area contributed by atoms with Gasteiger partial charge in [-0.25, -0.2) is 4.98 Å². The summed E-state index contributed by atoms with van der Waals surface area (Å²) in [4.78, 5) is 50.4. The lowest BCUT2D eigenvalue weighted by Crippen LogP contribution is -2.61. The Labute approximate surface area is 211 Å². The maximum absolute atomic E-state index is 13.9. The number of amides is 3. The molecule has 0 unspecified atom stereocenters. The highest BCUT2D eigenvalue weighted by atomic mass is 16.5. The Morgan fingerprint density at radius 3 is 2.69 bits per heavy atom. The van der Waals surface area contributed by atoms with E-state index in [-0.39, 0.29) is 48.3 Å². The lowest BCUT2D eigenvalue weighted by molar-refractivity contribution is -0.141. The Hall–Kier alpha value is -3.46. The molecule has 3 aliphatic heterocycles. The van der Waals surface area contributed by atoms with Crippen LogP contribution in [0.25, 0.3) is 0 Å². The van der Waals surface area contributed by atoms with E-state index in [1.165, 1.54) is 0 Å². The van der Waals surface area contributed by atoms with E-state index >= 15 is 0 Å². The van der Waals surface area contributed by atoms with Gasteiger partial charge in [-0.1, -0.05) is 32.0 Å². The second-order valence-corrected chi connectivity index (χ2v) is 10.2. The number of aromatic nitrogens is 1. The summed E-state index contributed by atoms with van der Waals surface area (Å²) in [5, 5.41) is 3.09. The number of hydrogen-bond donors (Lipinski definition) is 1. The van der Waals surface area contributed by atoms with Gasteiger partial charge in [0.2, 0.25) is 11.8 Å².